The average molecular weight is 338 g/mol. The van der Waals surface area contributed by atoms with E-state index in [0.717, 1.165) is 0 Å². The number of aryl methyl sites for hydroxylation is 1. The number of aromatic nitrogens is 6. The molecule has 8 nitrogen and oxygen atoms in total. The van der Waals surface area contributed by atoms with Gasteiger partial charge >= 0.3 is 6.18 Å². The first kappa shape index (κ1) is 15.9. The van der Waals surface area contributed by atoms with E-state index >= 15 is 0 Å². The van der Waals surface area contributed by atoms with Gasteiger partial charge in [0.1, 0.15) is 11.6 Å². The first-order valence-electron chi connectivity index (χ1n) is 6.88. The van der Waals surface area contributed by atoms with Crippen molar-refractivity contribution in [3.8, 4) is 0 Å². The highest BCUT2D eigenvalue weighted by atomic mass is 19.4. The predicted octanol–water partition coefficient (Wildman–Crippen LogP) is 1.74. The van der Waals surface area contributed by atoms with Gasteiger partial charge in [0.25, 0.3) is 5.82 Å². The minimum atomic E-state index is -4.65. The van der Waals surface area contributed by atoms with Crippen molar-refractivity contribution in [2.24, 2.45) is 0 Å². The number of nitrogen functional groups attached to an aromatic ring is 1. The second-order valence-corrected chi connectivity index (χ2v) is 5.11. The Morgan fingerprint density at radius 2 is 1.96 bits per heavy atom. The number of nitrogens with two attached hydrogens (primary N) is 1. The Bertz CT molecular complexity index is 902. The number of nitrogens with one attached hydrogen (secondary N) is 1. The molecule has 0 aliphatic heterocycles. The van der Waals surface area contributed by atoms with Crippen LogP contribution in [0, 0.1) is 13.8 Å². The zero-order valence-electron chi connectivity index (χ0n) is 12.8. The van der Waals surface area contributed by atoms with Crippen molar-refractivity contribution in [3.05, 3.63) is 35.0 Å². The van der Waals surface area contributed by atoms with Crippen LogP contribution in [0.5, 0.6) is 0 Å². The molecule has 3 heterocycles. The van der Waals surface area contributed by atoms with E-state index < -0.39 is 12.0 Å². The number of halogens is 3. The van der Waals surface area contributed by atoms with Crippen LogP contribution >= 0.6 is 0 Å². The minimum Gasteiger partial charge on any atom is -0.384 e. The third-order valence-electron chi connectivity index (χ3n) is 3.49. The van der Waals surface area contributed by atoms with Crippen molar-refractivity contribution in [1.82, 2.24) is 29.8 Å². The second-order valence-electron chi connectivity index (χ2n) is 5.11. The van der Waals surface area contributed by atoms with Gasteiger partial charge < -0.3 is 11.1 Å². The lowest BCUT2D eigenvalue weighted by atomic mass is 10.2. The molecule has 3 rings (SSSR count). The summed E-state index contributed by atoms with van der Waals surface area (Å²) in [7, 11) is 0. The van der Waals surface area contributed by atoms with Crippen molar-refractivity contribution in [3.63, 3.8) is 0 Å². The van der Waals surface area contributed by atoms with Crippen LogP contribution < -0.4 is 11.1 Å². The maximum atomic E-state index is 13.0. The molecule has 0 aromatic carbocycles. The lowest BCUT2D eigenvalue weighted by Gasteiger charge is -2.12. The van der Waals surface area contributed by atoms with Crippen molar-refractivity contribution < 1.29 is 13.2 Å². The molecule has 0 radical (unpaired) electrons. The summed E-state index contributed by atoms with van der Waals surface area (Å²) in [5.74, 6) is -0.217. The summed E-state index contributed by atoms with van der Waals surface area (Å²) in [4.78, 5) is 8.04. The van der Waals surface area contributed by atoms with Crippen LogP contribution in [0.25, 0.3) is 5.65 Å². The maximum Gasteiger partial charge on any atom is 0.453 e. The number of nitrogens with zero attached hydrogens (tertiary/aromatic N) is 6. The van der Waals surface area contributed by atoms with E-state index in [1.165, 1.54) is 12.3 Å². The van der Waals surface area contributed by atoms with E-state index in [0.29, 0.717) is 27.3 Å². The molecule has 0 saturated heterocycles. The number of anilines is 2. The fourth-order valence-electron chi connectivity index (χ4n) is 2.14. The van der Waals surface area contributed by atoms with Crippen LogP contribution in [0.4, 0.5) is 24.8 Å². The second kappa shape index (κ2) is 5.58. The highest BCUT2D eigenvalue weighted by Crippen LogP contribution is 2.29. The number of hydrogen-bond donors (Lipinski definition) is 2. The summed E-state index contributed by atoms with van der Waals surface area (Å²) in [5.41, 5.74) is 6.84. The first-order chi connectivity index (χ1) is 11.3. The Labute approximate surface area is 133 Å². The molecule has 0 saturated carbocycles. The highest BCUT2D eigenvalue weighted by Gasteiger charge is 2.38. The van der Waals surface area contributed by atoms with E-state index in [2.05, 4.69) is 30.6 Å². The molecule has 0 fully saturated rings. The van der Waals surface area contributed by atoms with E-state index in [-0.39, 0.29) is 18.0 Å². The molecular formula is C13H13F3N8. The SMILES string of the molecule is Cc1c(NCc2nccc(N)n2)nn2c(C(F)(F)F)nnc2c1C. The van der Waals surface area contributed by atoms with Gasteiger partial charge in [-0.2, -0.15) is 17.7 Å². The molecule has 11 heteroatoms. The van der Waals surface area contributed by atoms with Crippen LogP contribution in [0.15, 0.2) is 12.3 Å². The minimum absolute atomic E-state index is 0.0607. The quantitative estimate of drug-likeness (QED) is 0.749. The molecule has 3 aromatic heterocycles. The van der Waals surface area contributed by atoms with Crippen molar-refractivity contribution in [2.75, 3.05) is 11.1 Å². The molecular weight excluding hydrogens is 325 g/mol. The number of rotatable bonds is 3. The van der Waals surface area contributed by atoms with Crippen LogP contribution in [0.2, 0.25) is 0 Å². The van der Waals surface area contributed by atoms with Crippen molar-refractivity contribution >= 4 is 17.3 Å². The maximum absolute atomic E-state index is 13.0. The third-order valence-corrected chi connectivity index (χ3v) is 3.49. The molecule has 126 valence electrons. The molecule has 0 atom stereocenters. The molecule has 0 spiro atoms. The van der Waals surface area contributed by atoms with Crippen LogP contribution in [-0.2, 0) is 12.7 Å². The lowest BCUT2D eigenvalue weighted by Crippen LogP contribution is -2.15. The Morgan fingerprint density at radius 3 is 2.62 bits per heavy atom. The normalized spacial score (nSPS) is 11.9. The van der Waals surface area contributed by atoms with Gasteiger partial charge in [0, 0.05) is 11.8 Å². The van der Waals surface area contributed by atoms with Crippen LogP contribution in [-0.4, -0.2) is 29.8 Å². The number of alkyl halides is 3. The molecule has 0 bridgehead atoms. The van der Waals surface area contributed by atoms with E-state index in [1.54, 1.807) is 13.8 Å². The summed E-state index contributed by atoms with van der Waals surface area (Å²) in [6.45, 7) is 3.55. The first-order valence-corrected chi connectivity index (χ1v) is 6.88. The Morgan fingerprint density at radius 1 is 1.21 bits per heavy atom. The molecule has 0 amide bonds. The Balaban J connectivity index is 2.00. The van der Waals surface area contributed by atoms with E-state index in [1.807, 2.05) is 0 Å². The van der Waals surface area contributed by atoms with Gasteiger partial charge in [-0.25, -0.2) is 9.97 Å². The van der Waals surface area contributed by atoms with Crippen molar-refractivity contribution in [2.45, 2.75) is 26.6 Å². The van der Waals surface area contributed by atoms with Gasteiger partial charge in [0.15, 0.2) is 11.5 Å². The van der Waals surface area contributed by atoms with Gasteiger partial charge in [0.2, 0.25) is 0 Å². The Hall–Kier alpha value is -2.98. The summed E-state index contributed by atoms with van der Waals surface area (Å²) in [6, 6.07) is 1.54. The van der Waals surface area contributed by atoms with Crippen LogP contribution in [0.1, 0.15) is 22.8 Å². The predicted molar refractivity (Wildman–Crippen MR) is 79.0 cm³/mol. The molecule has 24 heavy (non-hydrogen) atoms. The zero-order chi connectivity index (χ0) is 17.5. The van der Waals surface area contributed by atoms with Gasteiger partial charge in [-0.05, 0) is 25.5 Å². The Kier molecular flexibility index (Phi) is 3.70. The van der Waals surface area contributed by atoms with E-state index in [9.17, 15) is 13.2 Å². The third kappa shape index (κ3) is 2.79. The molecule has 3 N–H and O–H groups in total. The fourth-order valence-corrected chi connectivity index (χ4v) is 2.14. The largest absolute Gasteiger partial charge is 0.453 e. The molecule has 0 unspecified atom stereocenters. The van der Waals surface area contributed by atoms with Gasteiger partial charge in [-0.1, -0.05) is 0 Å². The van der Waals surface area contributed by atoms with Gasteiger partial charge in [0.05, 0.1) is 6.54 Å². The molecule has 0 aliphatic rings. The van der Waals surface area contributed by atoms with E-state index in [4.69, 9.17) is 5.73 Å². The zero-order valence-corrected chi connectivity index (χ0v) is 12.8. The topological polar surface area (TPSA) is 107 Å². The number of fused-ring (bicyclic) bond motifs is 1. The van der Waals surface area contributed by atoms with Crippen LogP contribution in [0.3, 0.4) is 0 Å². The molecule has 3 aromatic rings. The highest BCUT2D eigenvalue weighted by molar-refractivity contribution is 5.58. The monoisotopic (exact) mass is 338 g/mol. The number of hydrogen-bond acceptors (Lipinski definition) is 7. The fraction of sp³-hybridized carbons (Fsp3) is 0.308. The average Bonchev–Trinajstić information content (AvgIpc) is 2.93. The van der Waals surface area contributed by atoms with Gasteiger partial charge in [-0.3, -0.25) is 0 Å². The summed E-state index contributed by atoms with van der Waals surface area (Å²) in [6.07, 6.45) is -3.15. The molecule has 0 aliphatic carbocycles. The van der Waals surface area contributed by atoms with Gasteiger partial charge in [-0.15, -0.1) is 15.3 Å². The summed E-state index contributed by atoms with van der Waals surface area (Å²) >= 11 is 0. The standard InChI is InChI=1S/C13H13F3N8/c1-6-7(2)11-21-22-12(13(14,15)16)24(11)23-10(6)19-5-9-18-4-3-8(17)20-9/h3-4H,5H2,1-2H3,(H,19,23)(H2,17,18,20). The summed E-state index contributed by atoms with van der Waals surface area (Å²) in [5, 5.41) is 13.7. The van der Waals surface area contributed by atoms with Crippen molar-refractivity contribution in [1.29, 1.82) is 0 Å². The lowest BCUT2D eigenvalue weighted by molar-refractivity contribution is -0.146. The summed E-state index contributed by atoms with van der Waals surface area (Å²) < 4.78 is 39.7. The smallest absolute Gasteiger partial charge is 0.384 e.